The number of carbonyl (C=O) groups excluding carboxylic acids is 3. The zero-order valence-corrected chi connectivity index (χ0v) is 22.6. The van der Waals surface area contributed by atoms with Crippen molar-refractivity contribution in [2.24, 2.45) is 5.73 Å². The van der Waals surface area contributed by atoms with Crippen LogP contribution in [0.2, 0.25) is 0 Å². The monoisotopic (exact) mass is 573 g/mol. The van der Waals surface area contributed by atoms with Crippen LogP contribution in [-0.2, 0) is 60.6 Å². The summed E-state index contributed by atoms with van der Waals surface area (Å²) < 4.78 is 43.9. The summed E-state index contributed by atoms with van der Waals surface area (Å²) in [5.41, 5.74) is 5.35. The van der Waals surface area contributed by atoms with Crippen LogP contribution in [-0.4, -0.2) is 137 Å². The van der Waals surface area contributed by atoms with Crippen molar-refractivity contribution in [2.45, 2.75) is 13.1 Å². The summed E-state index contributed by atoms with van der Waals surface area (Å²) in [6.45, 7) is 6.75. The van der Waals surface area contributed by atoms with Crippen molar-refractivity contribution in [2.75, 3.05) is 99.1 Å². The first-order chi connectivity index (χ1) is 19.6. The van der Waals surface area contributed by atoms with Gasteiger partial charge in [0.1, 0.15) is 12.3 Å². The van der Waals surface area contributed by atoms with E-state index >= 15 is 0 Å². The van der Waals surface area contributed by atoms with Crippen molar-refractivity contribution in [1.82, 2.24) is 19.9 Å². The molecule has 0 aromatic carbocycles. The van der Waals surface area contributed by atoms with Gasteiger partial charge in [0, 0.05) is 12.2 Å². The van der Waals surface area contributed by atoms with E-state index in [1.807, 2.05) is 0 Å². The fraction of sp³-hybridized carbons (Fsp3) is 0.708. The largest absolute Gasteiger partial charge is 0.447 e. The first-order valence-corrected chi connectivity index (χ1v) is 12.9. The van der Waals surface area contributed by atoms with E-state index in [1.165, 1.54) is 12.2 Å². The number of aromatic nitrogens is 3. The Morgan fingerprint density at radius 1 is 0.650 bits per heavy atom. The zero-order chi connectivity index (χ0) is 28.7. The number of nitrogens with zero attached hydrogens (tertiary/aromatic N) is 4. The molecule has 0 spiro atoms. The quantitative estimate of drug-likeness (QED) is 0.104. The number of imide groups is 1. The Balaban J connectivity index is 1.25. The van der Waals surface area contributed by atoms with Gasteiger partial charge in [-0.1, -0.05) is 5.21 Å². The lowest BCUT2D eigenvalue weighted by Gasteiger charge is -2.10. The molecule has 0 saturated carbocycles. The normalized spacial score (nSPS) is 13.1. The summed E-state index contributed by atoms with van der Waals surface area (Å²) >= 11 is 0. The summed E-state index contributed by atoms with van der Waals surface area (Å²) in [6.07, 6.45) is 3.33. The Labute approximate surface area is 232 Å². The lowest BCUT2D eigenvalue weighted by molar-refractivity contribution is -0.137. The molecule has 2 N–H and O–H groups in total. The molecule has 226 valence electrons. The number of amides is 3. The summed E-state index contributed by atoms with van der Waals surface area (Å²) in [4.78, 5) is 34.6. The van der Waals surface area contributed by atoms with Crippen LogP contribution in [0.15, 0.2) is 18.3 Å². The van der Waals surface area contributed by atoms with E-state index in [1.54, 1.807) is 10.9 Å². The highest BCUT2D eigenvalue weighted by Crippen LogP contribution is 2.08. The topological polar surface area (TPSA) is 185 Å². The summed E-state index contributed by atoms with van der Waals surface area (Å²) in [5, 5.41) is 7.94. The van der Waals surface area contributed by atoms with Crippen LogP contribution in [0.4, 0.5) is 4.79 Å². The number of nitrogens with two attached hydrogens (primary N) is 1. The molecule has 1 aliphatic rings. The van der Waals surface area contributed by atoms with Gasteiger partial charge >= 0.3 is 6.09 Å². The highest BCUT2D eigenvalue weighted by molar-refractivity contribution is 6.12. The number of ether oxygens (including phenoxy) is 8. The third kappa shape index (κ3) is 16.2. The fourth-order valence-corrected chi connectivity index (χ4v) is 3.05. The fourth-order valence-electron chi connectivity index (χ4n) is 3.05. The van der Waals surface area contributed by atoms with Gasteiger partial charge in [0.25, 0.3) is 11.8 Å². The van der Waals surface area contributed by atoms with E-state index in [-0.39, 0.29) is 31.6 Å². The van der Waals surface area contributed by atoms with Gasteiger partial charge in [-0.05, 0) is 0 Å². The first kappa shape index (κ1) is 33.2. The molecule has 0 aliphatic carbocycles. The van der Waals surface area contributed by atoms with Gasteiger partial charge in [0.05, 0.1) is 112 Å². The SMILES string of the molecule is NC(=O)OCCOCCOCCOCCOCCOCCOCCOCCn1cc(CN2C(=O)C=CC2=O)nn1. The molecule has 0 fully saturated rings. The Morgan fingerprint density at radius 2 is 1.05 bits per heavy atom. The summed E-state index contributed by atoms with van der Waals surface area (Å²) in [5.74, 6) is -0.704. The second-order valence-electron chi connectivity index (χ2n) is 8.02. The zero-order valence-electron chi connectivity index (χ0n) is 22.6. The van der Waals surface area contributed by atoms with Crippen LogP contribution in [0.5, 0.6) is 0 Å². The number of primary amides is 1. The predicted octanol–water partition coefficient (Wildman–Crippen LogP) is -1.09. The minimum absolute atomic E-state index is 0.0941. The molecule has 2 heterocycles. The van der Waals surface area contributed by atoms with Crippen LogP contribution in [0, 0.1) is 0 Å². The van der Waals surface area contributed by atoms with Gasteiger partial charge in [0.2, 0.25) is 0 Å². The van der Waals surface area contributed by atoms with Crippen LogP contribution in [0.1, 0.15) is 5.69 Å². The minimum Gasteiger partial charge on any atom is -0.447 e. The molecule has 40 heavy (non-hydrogen) atoms. The third-order valence-corrected chi connectivity index (χ3v) is 4.98. The highest BCUT2D eigenvalue weighted by Gasteiger charge is 2.24. The van der Waals surface area contributed by atoms with E-state index in [4.69, 9.17) is 38.9 Å². The van der Waals surface area contributed by atoms with Gasteiger partial charge in [-0.2, -0.15) is 0 Å². The van der Waals surface area contributed by atoms with Gasteiger partial charge < -0.3 is 43.6 Å². The Bertz CT molecular complexity index is 865. The average molecular weight is 574 g/mol. The molecule has 16 heteroatoms. The molecule has 16 nitrogen and oxygen atoms in total. The van der Waals surface area contributed by atoms with Crippen LogP contribution in [0.25, 0.3) is 0 Å². The van der Waals surface area contributed by atoms with Gasteiger partial charge in [-0.15, -0.1) is 5.10 Å². The smallest absolute Gasteiger partial charge is 0.404 e. The molecule has 1 aliphatic heterocycles. The van der Waals surface area contributed by atoms with Crippen molar-refractivity contribution < 1.29 is 52.3 Å². The molecule has 0 unspecified atom stereocenters. The van der Waals surface area contributed by atoms with Crippen molar-refractivity contribution in [3.8, 4) is 0 Å². The highest BCUT2D eigenvalue weighted by atomic mass is 16.6. The maximum Gasteiger partial charge on any atom is 0.404 e. The molecular formula is C24H39N5O11. The molecule has 1 aromatic heterocycles. The Kier molecular flexibility index (Phi) is 18.1. The van der Waals surface area contributed by atoms with Crippen molar-refractivity contribution >= 4 is 17.9 Å². The second kappa shape index (κ2) is 21.8. The number of rotatable bonds is 26. The van der Waals surface area contributed by atoms with Crippen LogP contribution in [0.3, 0.4) is 0 Å². The average Bonchev–Trinajstić information content (AvgIpc) is 3.52. The standard InChI is InChI=1S/C24H39N5O11/c25-24(32)40-18-17-39-16-15-38-14-13-37-12-11-36-10-9-35-8-7-34-6-5-33-4-3-28-19-21(26-27-28)20-29-22(30)1-2-23(29)31/h1-2,19H,3-18,20H2,(H2,25,32). The van der Waals surface area contributed by atoms with Gasteiger partial charge in [-0.3, -0.25) is 14.5 Å². The third-order valence-electron chi connectivity index (χ3n) is 4.98. The Morgan fingerprint density at radius 3 is 1.48 bits per heavy atom. The lowest BCUT2D eigenvalue weighted by atomic mass is 10.4. The van der Waals surface area contributed by atoms with Crippen LogP contribution >= 0.6 is 0 Å². The molecule has 0 saturated heterocycles. The van der Waals surface area contributed by atoms with Crippen molar-refractivity contribution in [3.63, 3.8) is 0 Å². The van der Waals surface area contributed by atoms with Gasteiger partial charge in [0.15, 0.2) is 0 Å². The molecule has 2 rings (SSSR count). The van der Waals surface area contributed by atoms with Crippen LogP contribution < -0.4 is 5.73 Å². The number of hydrogen-bond acceptors (Lipinski definition) is 13. The maximum absolute atomic E-state index is 11.6. The van der Waals surface area contributed by atoms with E-state index in [0.29, 0.717) is 98.1 Å². The van der Waals surface area contributed by atoms with Crippen molar-refractivity contribution in [3.05, 3.63) is 24.0 Å². The predicted molar refractivity (Wildman–Crippen MR) is 136 cm³/mol. The van der Waals surface area contributed by atoms with Gasteiger partial charge in [-0.25, -0.2) is 9.48 Å². The maximum atomic E-state index is 11.6. The molecule has 0 atom stereocenters. The summed E-state index contributed by atoms with van der Waals surface area (Å²) in [6, 6.07) is 0. The van der Waals surface area contributed by atoms with E-state index in [0.717, 1.165) is 4.90 Å². The second-order valence-corrected chi connectivity index (χ2v) is 8.02. The molecule has 3 amide bonds. The lowest BCUT2D eigenvalue weighted by Crippen LogP contribution is -2.29. The Hall–Kier alpha value is -2.99. The molecular weight excluding hydrogens is 534 g/mol. The first-order valence-electron chi connectivity index (χ1n) is 12.9. The summed E-state index contributed by atoms with van der Waals surface area (Å²) in [7, 11) is 0. The van der Waals surface area contributed by atoms with Crippen molar-refractivity contribution in [1.29, 1.82) is 0 Å². The van der Waals surface area contributed by atoms with E-state index in [2.05, 4.69) is 15.0 Å². The van der Waals surface area contributed by atoms with E-state index < -0.39 is 6.09 Å². The number of hydrogen-bond donors (Lipinski definition) is 1. The minimum atomic E-state index is -0.818. The molecule has 0 bridgehead atoms. The molecule has 1 aromatic rings. The number of carbonyl (C=O) groups is 3. The molecule has 0 radical (unpaired) electrons. The van der Waals surface area contributed by atoms with E-state index in [9.17, 15) is 14.4 Å².